The molecule has 0 radical (unpaired) electrons. The normalized spacial score (nSPS) is 15.6. The molecule has 138 valence electrons. The molecule has 1 fully saturated rings. The summed E-state index contributed by atoms with van der Waals surface area (Å²) in [6.07, 6.45) is 1.98. The van der Waals surface area contributed by atoms with Gasteiger partial charge < -0.3 is 16.0 Å². The predicted molar refractivity (Wildman–Crippen MR) is 94.5 cm³/mol. The van der Waals surface area contributed by atoms with Crippen molar-refractivity contribution >= 4 is 11.9 Å². The highest BCUT2D eigenvalue weighted by atomic mass is 19.2. The van der Waals surface area contributed by atoms with Crippen LogP contribution in [-0.4, -0.2) is 38.0 Å². The number of amides is 1. The minimum Gasteiger partial charge on any atom is -0.357 e. The summed E-state index contributed by atoms with van der Waals surface area (Å²) in [6, 6.07) is 3.92. The molecule has 1 aliphatic carbocycles. The number of aliphatic imine (C=N–C) groups is 1. The molecule has 0 aromatic heterocycles. The fraction of sp³-hybridized carbons (Fsp3) is 0.556. The van der Waals surface area contributed by atoms with Crippen LogP contribution in [0.25, 0.3) is 0 Å². The molecular formula is C18H26F2N4O. The van der Waals surface area contributed by atoms with Crippen LogP contribution in [0.15, 0.2) is 23.2 Å². The van der Waals surface area contributed by atoms with Crippen molar-refractivity contribution in [3.05, 3.63) is 35.4 Å². The van der Waals surface area contributed by atoms with Gasteiger partial charge in [-0.05, 0) is 37.5 Å². The third-order valence-corrected chi connectivity index (χ3v) is 4.04. The van der Waals surface area contributed by atoms with Crippen LogP contribution >= 0.6 is 0 Å². The lowest BCUT2D eigenvalue weighted by Crippen LogP contribution is -2.42. The number of rotatable bonds is 8. The Hall–Kier alpha value is -2.18. The molecule has 1 unspecified atom stereocenters. The van der Waals surface area contributed by atoms with E-state index in [0.717, 1.165) is 18.9 Å². The van der Waals surface area contributed by atoms with Crippen LogP contribution in [0.5, 0.6) is 0 Å². The van der Waals surface area contributed by atoms with Crippen LogP contribution < -0.4 is 16.0 Å². The summed E-state index contributed by atoms with van der Waals surface area (Å²) in [7, 11) is 0. The number of nitrogens with one attached hydrogen (secondary N) is 3. The summed E-state index contributed by atoms with van der Waals surface area (Å²) < 4.78 is 26.3. The van der Waals surface area contributed by atoms with E-state index in [9.17, 15) is 13.6 Å². The number of guanidine groups is 1. The van der Waals surface area contributed by atoms with Crippen molar-refractivity contribution in [1.29, 1.82) is 0 Å². The molecule has 0 spiro atoms. The molecule has 0 aliphatic heterocycles. The summed E-state index contributed by atoms with van der Waals surface area (Å²) in [5.41, 5.74) is 0.704. The van der Waals surface area contributed by atoms with Crippen LogP contribution in [0, 0.1) is 17.6 Å². The van der Waals surface area contributed by atoms with Crippen molar-refractivity contribution in [2.75, 3.05) is 26.2 Å². The zero-order chi connectivity index (χ0) is 18.2. The van der Waals surface area contributed by atoms with E-state index in [2.05, 4.69) is 20.9 Å². The summed E-state index contributed by atoms with van der Waals surface area (Å²) in [5.74, 6) is -0.764. The highest BCUT2D eigenvalue weighted by Crippen LogP contribution is 2.28. The number of hydrogen-bond donors (Lipinski definition) is 3. The van der Waals surface area contributed by atoms with E-state index in [1.807, 2.05) is 13.8 Å². The maximum Gasteiger partial charge on any atom is 0.223 e. The Bertz CT molecular complexity index is 617. The summed E-state index contributed by atoms with van der Waals surface area (Å²) in [4.78, 5) is 16.0. The van der Waals surface area contributed by atoms with Crippen molar-refractivity contribution in [3.8, 4) is 0 Å². The molecule has 3 N–H and O–H groups in total. The van der Waals surface area contributed by atoms with Crippen molar-refractivity contribution in [2.45, 2.75) is 32.6 Å². The van der Waals surface area contributed by atoms with Gasteiger partial charge in [-0.15, -0.1) is 0 Å². The standard InChI is InChI=1S/C18H26F2N4O/c1-3-21-18(23-9-8-22-17(25)13-4-5-13)24-11-12(2)14-6-7-15(19)16(20)10-14/h6-7,10,12-13H,3-5,8-9,11H2,1-2H3,(H,22,25)(H2,21,23,24). The molecule has 1 aromatic rings. The summed E-state index contributed by atoms with van der Waals surface area (Å²) >= 11 is 0. The number of benzene rings is 1. The molecule has 5 nitrogen and oxygen atoms in total. The first-order valence-electron chi connectivity index (χ1n) is 8.76. The Morgan fingerprint density at radius 2 is 1.92 bits per heavy atom. The highest BCUT2D eigenvalue weighted by Gasteiger charge is 2.28. The average molecular weight is 352 g/mol. The SMILES string of the molecule is CCNC(=NCC(C)c1ccc(F)c(F)c1)NCCNC(=O)C1CC1. The lowest BCUT2D eigenvalue weighted by molar-refractivity contribution is -0.122. The second kappa shape index (κ2) is 9.34. The summed E-state index contributed by atoms with van der Waals surface area (Å²) in [5, 5.41) is 9.16. The van der Waals surface area contributed by atoms with Gasteiger partial charge in [0.05, 0.1) is 0 Å². The van der Waals surface area contributed by atoms with Crippen LogP contribution in [0.3, 0.4) is 0 Å². The highest BCUT2D eigenvalue weighted by molar-refractivity contribution is 5.81. The zero-order valence-electron chi connectivity index (χ0n) is 14.7. The lowest BCUT2D eigenvalue weighted by Gasteiger charge is -2.14. The third kappa shape index (κ3) is 6.32. The Labute approximate surface area is 147 Å². The Kier molecular flexibility index (Phi) is 7.16. The minimum atomic E-state index is -0.845. The number of carbonyl (C=O) groups is 1. The van der Waals surface area contributed by atoms with Gasteiger partial charge in [-0.2, -0.15) is 0 Å². The van der Waals surface area contributed by atoms with E-state index < -0.39 is 11.6 Å². The van der Waals surface area contributed by atoms with E-state index in [-0.39, 0.29) is 17.7 Å². The molecule has 25 heavy (non-hydrogen) atoms. The molecule has 1 saturated carbocycles. The van der Waals surface area contributed by atoms with Crippen LogP contribution in [0.4, 0.5) is 8.78 Å². The quantitative estimate of drug-likeness (QED) is 0.382. The molecule has 2 rings (SSSR count). The van der Waals surface area contributed by atoms with Crippen LogP contribution in [-0.2, 0) is 4.79 Å². The Morgan fingerprint density at radius 3 is 2.56 bits per heavy atom. The second-order valence-electron chi connectivity index (χ2n) is 6.29. The molecule has 0 heterocycles. The van der Waals surface area contributed by atoms with E-state index in [0.29, 0.717) is 37.7 Å². The molecule has 0 bridgehead atoms. The summed E-state index contributed by atoms with van der Waals surface area (Å²) in [6.45, 7) is 6.14. The number of halogens is 2. The molecule has 1 amide bonds. The topological polar surface area (TPSA) is 65.5 Å². The number of nitrogens with zero attached hydrogens (tertiary/aromatic N) is 1. The van der Waals surface area contributed by atoms with Gasteiger partial charge in [-0.3, -0.25) is 9.79 Å². The fourth-order valence-corrected chi connectivity index (χ4v) is 2.35. The van der Waals surface area contributed by atoms with Crippen molar-refractivity contribution in [2.24, 2.45) is 10.9 Å². The van der Waals surface area contributed by atoms with Crippen LogP contribution in [0.1, 0.15) is 38.2 Å². The average Bonchev–Trinajstić information content (AvgIpc) is 3.43. The van der Waals surface area contributed by atoms with Crippen LogP contribution in [0.2, 0.25) is 0 Å². The van der Waals surface area contributed by atoms with Gasteiger partial charge >= 0.3 is 0 Å². The fourth-order valence-electron chi connectivity index (χ4n) is 2.35. The number of carbonyl (C=O) groups excluding carboxylic acids is 1. The van der Waals surface area contributed by atoms with Gasteiger partial charge in [0.2, 0.25) is 5.91 Å². The molecule has 7 heteroatoms. The largest absolute Gasteiger partial charge is 0.357 e. The van der Waals surface area contributed by atoms with E-state index in [4.69, 9.17) is 0 Å². The van der Waals surface area contributed by atoms with Gasteiger partial charge in [-0.25, -0.2) is 8.78 Å². The van der Waals surface area contributed by atoms with E-state index in [1.54, 1.807) is 6.07 Å². The van der Waals surface area contributed by atoms with Gasteiger partial charge in [0.25, 0.3) is 0 Å². The van der Waals surface area contributed by atoms with E-state index in [1.165, 1.54) is 6.07 Å². The molecule has 1 aliphatic rings. The zero-order valence-corrected chi connectivity index (χ0v) is 14.7. The van der Waals surface area contributed by atoms with Crippen molar-refractivity contribution < 1.29 is 13.6 Å². The Morgan fingerprint density at radius 1 is 1.20 bits per heavy atom. The van der Waals surface area contributed by atoms with Gasteiger partial charge in [0.15, 0.2) is 17.6 Å². The number of hydrogen-bond acceptors (Lipinski definition) is 2. The molecular weight excluding hydrogens is 326 g/mol. The molecule has 0 saturated heterocycles. The van der Waals surface area contributed by atoms with Gasteiger partial charge in [0.1, 0.15) is 0 Å². The van der Waals surface area contributed by atoms with Gasteiger partial charge in [0, 0.05) is 38.0 Å². The molecule has 1 aromatic carbocycles. The Balaban J connectivity index is 1.80. The first-order chi connectivity index (χ1) is 12.0. The first kappa shape index (κ1) is 19.1. The second-order valence-corrected chi connectivity index (χ2v) is 6.29. The molecule has 1 atom stereocenters. The monoisotopic (exact) mass is 352 g/mol. The minimum absolute atomic E-state index is 0.0416. The third-order valence-electron chi connectivity index (χ3n) is 4.04. The van der Waals surface area contributed by atoms with Crippen molar-refractivity contribution in [1.82, 2.24) is 16.0 Å². The predicted octanol–water partition coefficient (Wildman–Crippen LogP) is 2.15. The smallest absolute Gasteiger partial charge is 0.223 e. The maximum atomic E-state index is 13.3. The van der Waals surface area contributed by atoms with E-state index >= 15 is 0 Å². The maximum absolute atomic E-state index is 13.3. The first-order valence-corrected chi connectivity index (χ1v) is 8.76. The lowest BCUT2D eigenvalue weighted by atomic mass is 10.0. The van der Waals surface area contributed by atoms with Gasteiger partial charge in [-0.1, -0.05) is 13.0 Å². The van der Waals surface area contributed by atoms with Crippen molar-refractivity contribution in [3.63, 3.8) is 0 Å².